The van der Waals surface area contributed by atoms with Gasteiger partial charge in [-0.05, 0) is 53.9 Å². The fraction of sp³-hybridized carbons (Fsp3) is 0.143. The highest BCUT2D eigenvalue weighted by molar-refractivity contribution is 6.35. The van der Waals surface area contributed by atoms with Gasteiger partial charge < -0.3 is 0 Å². The first kappa shape index (κ1) is 13.7. The Morgan fingerprint density at radius 2 is 1.78 bits per heavy atom. The van der Waals surface area contributed by atoms with Crippen molar-refractivity contribution in [2.24, 2.45) is 0 Å². The standard InChI is InChI=1S/C14H10Cl3F/c1-8-4-9(6-11(18)5-8)14(17)12-7-10(15)2-3-13(12)16/h2-7,14H,1H3. The third-order valence-electron chi connectivity index (χ3n) is 2.59. The van der Waals surface area contributed by atoms with Crippen molar-refractivity contribution in [2.75, 3.05) is 0 Å². The molecule has 1 unspecified atom stereocenters. The number of halogens is 4. The topological polar surface area (TPSA) is 0 Å². The van der Waals surface area contributed by atoms with Gasteiger partial charge in [0.05, 0.1) is 5.38 Å². The molecule has 0 heterocycles. The second-order valence-corrected chi connectivity index (χ2v) is 5.37. The van der Waals surface area contributed by atoms with Crippen LogP contribution in [0.1, 0.15) is 22.1 Å². The molecule has 2 aromatic carbocycles. The maximum absolute atomic E-state index is 13.4. The molecule has 0 nitrogen and oxygen atoms in total. The summed E-state index contributed by atoms with van der Waals surface area (Å²) in [4.78, 5) is 0. The molecule has 0 saturated heterocycles. The minimum atomic E-state index is -0.523. The van der Waals surface area contributed by atoms with Crippen molar-refractivity contribution in [1.29, 1.82) is 0 Å². The van der Waals surface area contributed by atoms with Gasteiger partial charge in [0.25, 0.3) is 0 Å². The lowest BCUT2D eigenvalue weighted by Gasteiger charge is -2.13. The minimum absolute atomic E-state index is 0.311. The molecule has 4 heteroatoms. The summed E-state index contributed by atoms with van der Waals surface area (Å²) in [5.74, 6) is -0.311. The van der Waals surface area contributed by atoms with Gasteiger partial charge in [-0.15, -0.1) is 11.6 Å². The summed E-state index contributed by atoms with van der Waals surface area (Å²) in [5, 5.41) is 0.542. The van der Waals surface area contributed by atoms with Gasteiger partial charge in [-0.3, -0.25) is 0 Å². The summed E-state index contributed by atoms with van der Waals surface area (Å²) < 4.78 is 13.4. The smallest absolute Gasteiger partial charge is 0.123 e. The van der Waals surface area contributed by atoms with Crippen LogP contribution in [0.25, 0.3) is 0 Å². The van der Waals surface area contributed by atoms with Crippen molar-refractivity contribution < 1.29 is 4.39 Å². The molecule has 0 aliphatic carbocycles. The average Bonchev–Trinajstić information content (AvgIpc) is 2.30. The maximum Gasteiger partial charge on any atom is 0.123 e. The molecule has 18 heavy (non-hydrogen) atoms. The molecule has 2 rings (SSSR count). The maximum atomic E-state index is 13.4. The largest absolute Gasteiger partial charge is 0.207 e. The molecule has 1 atom stereocenters. The van der Waals surface area contributed by atoms with Gasteiger partial charge in [-0.1, -0.05) is 29.3 Å². The molecule has 2 aromatic rings. The van der Waals surface area contributed by atoms with Crippen LogP contribution in [0.3, 0.4) is 0 Å². The lowest BCUT2D eigenvalue weighted by molar-refractivity contribution is 0.624. The third kappa shape index (κ3) is 2.97. The van der Waals surface area contributed by atoms with Crippen molar-refractivity contribution >= 4 is 34.8 Å². The van der Waals surface area contributed by atoms with Crippen molar-refractivity contribution in [3.8, 4) is 0 Å². The molecule has 0 aliphatic rings. The van der Waals surface area contributed by atoms with Gasteiger partial charge >= 0.3 is 0 Å². The van der Waals surface area contributed by atoms with Gasteiger partial charge in [0.1, 0.15) is 5.82 Å². The summed E-state index contributed by atoms with van der Waals surface area (Å²) in [7, 11) is 0. The minimum Gasteiger partial charge on any atom is -0.207 e. The average molecular weight is 304 g/mol. The molecule has 94 valence electrons. The van der Waals surface area contributed by atoms with Crippen molar-refractivity contribution in [3.63, 3.8) is 0 Å². The SMILES string of the molecule is Cc1cc(F)cc(C(Cl)c2cc(Cl)ccc2Cl)c1. The van der Waals surface area contributed by atoms with Crippen molar-refractivity contribution in [2.45, 2.75) is 12.3 Å². The molecule has 0 spiro atoms. The predicted octanol–water partition coefficient (Wildman–Crippen LogP) is 5.77. The Morgan fingerprint density at radius 3 is 2.44 bits per heavy atom. The third-order valence-corrected chi connectivity index (χ3v) is 3.65. The Labute approximate surface area is 120 Å². The quantitative estimate of drug-likeness (QED) is 0.618. The van der Waals surface area contributed by atoms with Gasteiger partial charge in [-0.2, -0.15) is 0 Å². The van der Waals surface area contributed by atoms with Gasteiger partial charge in [0, 0.05) is 10.0 Å². The molecule has 0 bridgehead atoms. The van der Waals surface area contributed by atoms with E-state index in [4.69, 9.17) is 34.8 Å². The highest BCUT2D eigenvalue weighted by Crippen LogP contribution is 2.35. The van der Waals surface area contributed by atoms with Crippen molar-refractivity contribution in [3.05, 3.63) is 69.0 Å². The molecule has 0 amide bonds. The summed E-state index contributed by atoms with van der Waals surface area (Å²) >= 11 is 18.3. The monoisotopic (exact) mass is 302 g/mol. The Bertz CT molecular complexity index is 561. The van der Waals surface area contributed by atoms with Gasteiger partial charge in [0.15, 0.2) is 0 Å². The lowest BCUT2D eigenvalue weighted by Crippen LogP contribution is -1.96. The van der Waals surface area contributed by atoms with E-state index in [-0.39, 0.29) is 5.82 Å². The highest BCUT2D eigenvalue weighted by atomic mass is 35.5. The second kappa shape index (κ2) is 5.48. The van der Waals surface area contributed by atoms with E-state index < -0.39 is 5.38 Å². The zero-order chi connectivity index (χ0) is 13.3. The summed E-state index contributed by atoms with van der Waals surface area (Å²) in [6.07, 6.45) is 0. The van der Waals surface area contributed by atoms with E-state index in [2.05, 4.69) is 0 Å². The molecule has 0 aliphatic heterocycles. The van der Waals surface area contributed by atoms with E-state index in [0.29, 0.717) is 21.2 Å². The summed E-state index contributed by atoms with van der Waals surface area (Å²) in [6, 6.07) is 9.75. The molecular weight excluding hydrogens is 294 g/mol. The molecular formula is C14H10Cl3F. The first-order valence-electron chi connectivity index (χ1n) is 5.33. The Hall–Kier alpha value is -0.760. The van der Waals surface area contributed by atoms with Crippen molar-refractivity contribution in [1.82, 2.24) is 0 Å². The van der Waals surface area contributed by atoms with E-state index >= 15 is 0 Å². The van der Waals surface area contributed by atoms with Crippen LogP contribution in [0.2, 0.25) is 10.0 Å². The number of hydrogen-bond donors (Lipinski definition) is 0. The fourth-order valence-electron chi connectivity index (χ4n) is 1.80. The highest BCUT2D eigenvalue weighted by Gasteiger charge is 2.15. The van der Waals surface area contributed by atoms with E-state index in [9.17, 15) is 4.39 Å². The van der Waals surface area contributed by atoms with E-state index in [1.54, 1.807) is 18.2 Å². The van der Waals surface area contributed by atoms with Crippen LogP contribution >= 0.6 is 34.8 Å². The first-order chi connectivity index (χ1) is 8.47. The summed E-state index contributed by atoms with van der Waals surface area (Å²) in [5.41, 5.74) is 2.16. The fourth-order valence-corrected chi connectivity index (χ4v) is 2.57. The molecule has 0 fully saturated rings. The van der Waals surface area contributed by atoms with Gasteiger partial charge in [-0.25, -0.2) is 4.39 Å². The normalized spacial score (nSPS) is 12.5. The first-order valence-corrected chi connectivity index (χ1v) is 6.52. The van der Waals surface area contributed by atoms with Crippen LogP contribution in [0.15, 0.2) is 36.4 Å². The van der Waals surface area contributed by atoms with Crippen LogP contribution in [0, 0.1) is 12.7 Å². The van der Waals surface area contributed by atoms with Crippen LogP contribution in [0.5, 0.6) is 0 Å². The zero-order valence-electron chi connectivity index (χ0n) is 9.55. The number of hydrogen-bond acceptors (Lipinski definition) is 0. The lowest BCUT2D eigenvalue weighted by atomic mass is 10.0. The molecule has 0 saturated carbocycles. The number of alkyl halides is 1. The Kier molecular flexibility index (Phi) is 4.16. The van der Waals surface area contributed by atoms with Crippen LogP contribution in [0.4, 0.5) is 4.39 Å². The molecule has 0 N–H and O–H groups in total. The Balaban J connectivity index is 2.47. The van der Waals surface area contributed by atoms with E-state index in [1.165, 1.54) is 12.1 Å². The molecule has 0 radical (unpaired) electrons. The van der Waals surface area contributed by atoms with Crippen LogP contribution < -0.4 is 0 Å². The zero-order valence-corrected chi connectivity index (χ0v) is 11.8. The van der Waals surface area contributed by atoms with Crippen LogP contribution in [-0.2, 0) is 0 Å². The second-order valence-electron chi connectivity index (χ2n) is 4.09. The predicted molar refractivity (Wildman–Crippen MR) is 75.3 cm³/mol. The van der Waals surface area contributed by atoms with Gasteiger partial charge in [0.2, 0.25) is 0 Å². The summed E-state index contributed by atoms with van der Waals surface area (Å²) in [6.45, 7) is 1.82. The van der Waals surface area contributed by atoms with E-state index in [1.807, 2.05) is 13.0 Å². The number of benzene rings is 2. The van der Waals surface area contributed by atoms with Crippen LogP contribution in [-0.4, -0.2) is 0 Å². The Morgan fingerprint density at radius 1 is 1.06 bits per heavy atom. The molecule has 0 aromatic heterocycles. The number of rotatable bonds is 2. The number of aryl methyl sites for hydroxylation is 1. The van der Waals surface area contributed by atoms with E-state index in [0.717, 1.165) is 5.56 Å².